The Morgan fingerprint density at radius 1 is 1.35 bits per heavy atom. The van der Waals surface area contributed by atoms with E-state index in [9.17, 15) is 8.78 Å². The molecule has 96 valence electrons. The van der Waals surface area contributed by atoms with E-state index in [2.05, 4.69) is 9.97 Å². The average Bonchev–Trinajstić information content (AvgIpc) is 2.23. The summed E-state index contributed by atoms with van der Waals surface area (Å²) in [4.78, 5) is 8.31. The molecule has 0 aliphatic carbocycles. The third-order valence-corrected chi connectivity index (χ3v) is 2.26. The van der Waals surface area contributed by atoms with Gasteiger partial charge >= 0.3 is 0 Å². The zero-order chi connectivity index (χ0) is 12.8. The summed E-state index contributed by atoms with van der Waals surface area (Å²) in [7, 11) is 0. The fourth-order valence-electron chi connectivity index (χ4n) is 1.23. The zero-order valence-corrected chi connectivity index (χ0v) is 10.5. The van der Waals surface area contributed by atoms with E-state index in [0.29, 0.717) is 17.4 Å². The summed E-state index contributed by atoms with van der Waals surface area (Å²) in [6.07, 6.45) is -2.06. The molecule has 0 amide bonds. The van der Waals surface area contributed by atoms with Crippen molar-refractivity contribution in [3.05, 3.63) is 22.7 Å². The highest BCUT2D eigenvalue weighted by Gasteiger charge is 2.07. The van der Waals surface area contributed by atoms with Crippen molar-refractivity contribution < 1.29 is 13.5 Å². The molecular weight excluding hydrogens is 250 g/mol. The number of nitrogens with zero attached hydrogens (tertiary/aromatic N) is 2. The normalized spacial score (nSPS) is 11.5. The fraction of sp³-hybridized carbons (Fsp3) is 0.636. The van der Waals surface area contributed by atoms with Crippen molar-refractivity contribution in [3.8, 4) is 0 Å². The summed E-state index contributed by atoms with van der Waals surface area (Å²) in [6.45, 7) is 3.60. The lowest BCUT2D eigenvalue weighted by Crippen LogP contribution is -2.09. The van der Waals surface area contributed by atoms with Gasteiger partial charge in [-0.3, -0.25) is 0 Å². The minimum atomic E-state index is -2.44. The molecule has 0 aliphatic heterocycles. The second-order valence-corrected chi connectivity index (χ2v) is 4.29. The third kappa shape index (κ3) is 5.37. The summed E-state index contributed by atoms with van der Waals surface area (Å²) in [5, 5.41) is 0.368. The van der Waals surface area contributed by atoms with Gasteiger partial charge in [0.2, 0.25) is 0 Å². The molecule has 1 heterocycles. The van der Waals surface area contributed by atoms with Gasteiger partial charge in [0.1, 0.15) is 17.6 Å². The SMILES string of the molecule is CC(C)c1cc(Cl)nc(CCOCC(F)F)n1. The molecule has 1 aromatic heterocycles. The Kier molecular flexibility index (Phi) is 5.71. The molecule has 6 heteroatoms. The summed E-state index contributed by atoms with van der Waals surface area (Å²) in [5.41, 5.74) is 0.842. The van der Waals surface area contributed by atoms with Crippen LogP contribution in [0.15, 0.2) is 6.07 Å². The first kappa shape index (κ1) is 14.3. The topological polar surface area (TPSA) is 35.0 Å². The van der Waals surface area contributed by atoms with Crippen LogP contribution in [0, 0.1) is 0 Å². The molecule has 0 N–H and O–H groups in total. The molecule has 0 saturated carbocycles. The minimum absolute atomic E-state index is 0.169. The van der Waals surface area contributed by atoms with Gasteiger partial charge in [0.25, 0.3) is 6.43 Å². The number of hydrogen-bond donors (Lipinski definition) is 0. The Labute approximate surface area is 104 Å². The molecule has 1 aromatic rings. The lowest BCUT2D eigenvalue weighted by Gasteiger charge is -2.08. The highest BCUT2D eigenvalue weighted by atomic mass is 35.5. The Balaban J connectivity index is 2.53. The Bertz CT molecular complexity index is 361. The van der Waals surface area contributed by atoms with E-state index >= 15 is 0 Å². The van der Waals surface area contributed by atoms with Gasteiger partial charge in [-0.1, -0.05) is 25.4 Å². The number of halogens is 3. The van der Waals surface area contributed by atoms with E-state index in [1.54, 1.807) is 6.07 Å². The van der Waals surface area contributed by atoms with Gasteiger partial charge in [-0.15, -0.1) is 0 Å². The van der Waals surface area contributed by atoms with Crippen molar-refractivity contribution in [2.75, 3.05) is 13.2 Å². The van der Waals surface area contributed by atoms with Crippen LogP contribution in [0.5, 0.6) is 0 Å². The average molecular weight is 265 g/mol. The van der Waals surface area contributed by atoms with E-state index in [1.807, 2.05) is 13.8 Å². The van der Waals surface area contributed by atoms with Crippen LogP contribution in [0.4, 0.5) is 8.78 Å². The van der Waals surface area contributed by atoms with Crippen LogP contribution in [-0.2, 0) is 11.2 Å². The fourth-order valence-corrected chi connectivity index (χ4v) is 1.44. The van der Waals surface area contributed by atoms with E-state index in [1.165, 1.54) is 0 Å². The number of aromatic nitrogens is 2. The van der Waals surface area contributed by atoms with E-state index < -0.39 is 13.0 Å². The van der Waals surface area contributed by atoms with E-state index in [4.69, 9.17) is 16.3 Å². The van der Waals surface area contributed by atoms with Crippen molar-refractivity contribution >= 4 is 11.6 Å². The number of rotatable bonds is 6. The molecule has 0 bridgehead atoms. The maximum Gasteiger partial charge on any atom is 0.261 e. The molecule has 0 aliphatic rings. The van der Waals surface area contributed by atoms with Gasteiger partial charge in [-0.05, 0) is 12.0 Å². The largest absolute Gasteiger partial charge is 0.375 e. The van der Waals surface area contributed by atoms with Crippen LogP contribution in [0.25, 0.3) is 0 Å². The lowest BCUT2D eigenvalue weighted by molar-refractivity contribution is 0.0182. The minimum Gasteiger partial charge on any atom is -0.375 e. The van der Waals surface area contributed by atoms with Gasteiger partial charge in [-0.25, -0.2) is 18.7 Å². The van der Waals surface area contributed by atoms with Gasteiger partial charge < -0.3 is 4.74 Å². The molecule has 3 nitrogen and oxygen atoms in total. The van der Waals surface area contributed by atoms with Crippen molar-refractivity contribution in [1.82, 2.24) is 9.97 Å². The predicted molar refractivity (Wildman–Crippen MR) is 61.7 cm³/mol. The molecule has 0 fully saturated rings. The van der Waals surface area contributed by atoms with E-state index in [0.717, 1.165) is 5.69 Å². The molecule has 0 spiro atoms. The van der Waals surface area contributed by atoms with Gasteiger partial charge in [0.05, 0.1) is 6.61 Å². The number of ether oxygens (including phenoxy) is 1. The molecular formula is C11H15ClF2N2O. The summed E-state index contributed by atoms with van der Waals surface area (Å²) in [6, 6.07) is 1.70. The van der Waals surface area contributed by atoms with Gasteiger partial charge in [0.15, 0.2) is 0 Å². The first-order chi connectivity index (χ1) is 7.99. The highest BCUT2D eigenvalue weighted by Crippen LogP contribution is 2.15. The third-order valence-electron chi connectivity index (χ3n) is 2.07. The zero-order valence-electron chi connectivity index (χ0n) is 9.79. The maximum absolute atomic E-state index is 11.8. The molecule has 0 aromatic carbocycles. The number of alkyl halides is 2. The Hall–Kier alpha value is -0.810. The summed E-state index contributed by atoms with van der Waals surface area (Å²) >= 11 is 5.85. The van der Waals surface area contributed by atoms with E-state index in [-0.39, 0.29) is 12.5 Å². The monoisotopic (exact) mass is 264 g/mol. The van der Waals surface area contributed by atoms with Crippen molar-refractivity contribution in [3.63, 3.8) is 0 Å². The summed E-state index contributed by atoms with van der Waals surface area (Å²) in [5.74, 6) is 0.770. The quantitative estimate of drug-likeness (QED) is 0.585. The van der Waals surface area contributed by atoms with Gasteiger partial charge in [-0.2, -0.15) is 0 Å². The van der Waals surface area contributed by atoms with Crippen LogP contribution >= 0.6 is 11.6 Å². The second kappa shape index (κ2) is 6.81. The standard InChI is InChI=1S/C11H15ClF2N2O/c1-7(2)8-5-9(12)16-11(15-8)3-4-17-6-10(13)14/h5,7,10H,3-4,6H2,1-2H3. The van der Waals surface area contributed by atoms with Crippen LogP contribution in [0.1, 0.15) is 31.3 Å². The van der Waals surface area contributed by atoms with Gasteiger partial charge in [0, 0.05) is 12.1 Å². The van der Waals surface area contributed by atoms with Crippen LogP contribution < -0.4 is 0 Å². The molecule has 0 atom stereocenters. The predicted octanol–water partition coefficient (Wildman–Crippen LogP) is 3.08. The molecule has 0 unspecified atom stereocenters. The number of hydrogen-bond acceptors (Lipinski definition) is 3. The second-order valence-electron chi connectivity index (χ2n) is 3.90. The van der Waals surface area contributed by atoms with Crippen LogP contribution in [0.3, 0.4) is 0 Å². The van der Waals surface area contributed by atoms with Crippen LogP contribution in [-0.4, -0.2) is 29.6 Å². The molecule has 17 heavy (non-hydrogen) atoms. The van der Waals surface area contributed by atoms with Crippen molar-refractivity contribution in [1.29, 1.82) is 0 Å². The highest BCUT2D eigenvalue weighted by molar-refractivity contribution is 6.29. The maximum atomic E-state index is 11.8. The Morgan fingerprint density at radius 3 is 2.65 bits per heavy atom. The molecule has 1 rings (SSSR count). The first-order valence-corrected chi connectivity index (χ1v) is 5.76. The Morgan fingerprint density at radius 2 is 2.06 bits per heavy atom. The first-order valence-electron chi connectivity index (χ1n) is 5.38. The van der Waals surface area contributed by atoms with Crippen molar-refractivity contribution in [2.24, 2.45) is 0 Å². The van der Waals surface area contributed by atoms with Crippen molar-refractivity contribution in [2.45, 2.75) is 32.6 Å². The van der Waals surface area contributed by atoms with Crippen LogP contribution in [0.2, 0.25) is 5.15 Å². The smallest absolute Gasteiger partial charge is 0.261 e. The summed E-state index contributed by atoms with van der Waals surface area (Å²) < 4.78 is 28.4. The lowest BCUT2D eigenvalue weighted by atomic mass is 10.1. The molecule has 0 saturated heterocycles. The molecule has 0 radical (unpaired) electrons.